The van der Waals surface area contributed by atoms with Crippen molar-refractivity contribution < 1.29 is 17.5 Å². The van der Waals surface area contributed by atoms with Gasteiger partial charge in [0.25, 0.3) is 6.02 Å². The number of likely N-dealkylation sites (N-methyl/N-ethyl adjacent to an activating group) is 1. The number of ether oxygens (including phenoxy) is 1. The molecule has 0 aliphatic carbocycles. The monoisotopic (exact) mass is 476 g/mol. The summed E-state index contributed by atoms with van der Waals surface area (Å²) in [6.45, 7) is 6.89. The van der Waals surface area contributed by atoms with Gasteiger partial charge in [0.2, 0.25) is 10.0 Å². The molecule has 180 valence electrons. The van der Waals surface area contributed by atoms with Gasteiger partial charge < -0.3 is 15.0 Å². The lowest BCUT2D eigenvalue weighted by molar-refractivity contribution is 0.0762. The second-order valence-electron chi connectivity index (χ2n) is 9.10. The number of sulfonamides is 1. The van der Waals surface area contributed by atoms with Crippen LogP contribution in [0.15, 0.2) is 53.5 Å². The molecule has 0 saturated carbocycles. The van der Waals surface area contributed by atoms with Crippen molar-refractivity contribution >= 4 is 21.7 Å². The summed E-state index contributed by atoms with van der Waals surface area (Å²) in [4.78, 5) is 6.40. The van der Waals surface area contributed by atoms with Crippen molar-refractivity contribution in [1.29, 1.82) is 0 Å². The Morgan fingerprint density at radius 3 is 2.45 bits per heavy atom. The number of halogens is 1. The largest absolute Gasteiger partial charge is 0.457 e. The van der Waals surface area contributed by atoms with E-state index >= 15 is 0 Å². The molecule has 2 aromatic rings. The van der Waals surface area contributed by atoms with Crippen LogP contribution in [0.4, 0.5) is 10.1 Å². The van der Waals surface area contributed by atoms with Crippen LogP contribution in [0.5, 0.6) is 0 Å². The Morgan fingerprint density at radius 2 is 1.85 bits per heavy atom. The summed E-state index contributed by atoms with van der Waals surface area (Å²) in [6, 6.07) is 13.3. The molecule has 0 spiro atoms. The normalized spacial score (nSPS) is 21.3. The number of anilines is 1. The minimum Gasteiger partial charge on any atom is -0.457 e. The maximum Gasteiger partial charge on any atom is 0.299 e. The Kier molecular flexibility index (Phi) is 7.64. The van der Waals surface area contributed by atoms with Crippen molar-refractivity contribution in [2.45, 2.75) is 44.1 Å². The Balaban J connectivity index is 1.72. The van der Waals surface area contributed by atoms with Crippen LogP contribution in [0.3, 0.4) is 0 Å². The van der Waals surface area contributed by atoms with E-state index in [-0.39, 0.29) is 12.4 Å². The van der Waals surface area contributed by atoms with Gasteiger partial charge in [-0.2, -0.15) is 0 Å². The van der Waals surface area contributed by atoms with Crippen LogP contribution in [0.2, 0.25) is 0 Å². The van der Waals surface area contributed by atoms with Gasteiger partial charge >= 0.3 is 0 Å². The number of aliphatic imine (C=N–C) groups is 1. The van der Waals surface area contributed by atoms with Gasteiger partial charge in [0.05, 0.1) is 6.04 Å². The molecular formula is C24H33FN4O3S. The third-order valence-corrected chi connectivity index (χ3v) is 7.61. The number of amidine groups is 1. The van der Waals surface area contributed by atoms with Crippen molar-refractivity contribution in [1.82, 2.24) is 9.62 Å². The molecule has 9 heteroatoms. The fraction of sp³-hybridized carbons (Fsp3) is 0.458. The number of nitrogens with zero attached hydrogens (tertiary/aromatic N) is 2. The molecular weight excluding hydrogens is 443 g/mol. The molecule has 0 aromatic heterocycles. The summed E-state index contributed by atoms with van der Waals surface area (Å²) in [5.41, 5.74) is 1.21. The Labute approximate surface area is 196 Å². The topological polar surface area (TPSA) is 83.0 Å². The molecule has 0 bridgehead atoms. The smallest absolute Gasteiger partial charge is 0.299 e. The third-order valence-electron chi connectivity index (χ3n) is 5.67. The van der Waals surface area contributed by atoms with E-state index in [1.807, 2.05) is 38.4 Å². The average Bonchev–Trinajstić information content (AvgIpc) is 2.71. The molecule has 0 unspecified atom stereocenters. The Morgan fingerprint density at radius 1 is 1.18 bits per heavy atom. The molecule has 3 rings (SSSR count). The zero-order valence-corrected chi connectivity index (χ0v) is 20.6. The second-order valence-corrected chi connectivity index (χ2v) is 11.0. The molecule has 0 amide bonds. The predicted molar refractivity (Wildman–Crippen MR) is 130 cm³/mol. The first kappa shape index (κ1) is 25.0. The van der Waals surface area contributed by atoms with Crippen LogP contribution in [-0.4, -0.2) is 57.4 Å². The van der Waals surface area contributed by atoms with Crippen LogP contribution >= 0.6 is 0 Å². The summed E-state index contributed by atoms with van der Waals surface area (Å²) < 4.78 is 48.7. The first-order valence-electron chi connectivity index (χ1n) is 11.0. The molecule has 33 heavy (non-hydrogen) atoms. The van der Waals surface area contributed by atoms with Gasteiger partial charge in [-0.05, 0) is 65.0 Å². The molecule has 1 aliphatic heterocycles. The minimum atomic E-state index is -3.77. The van der Waals surface area contributed by atoms with Crippen LogP contribution in [0.1, 0.15) is 37.9 Å². The number of nitrogens with one attached hydrogen (secondary N) is 2. The van der Waals surface area contributed by atoms with Gasteiger partial charge in [-0.3, -0.25) is 0 Å². The Bertz CT molecular complexity index is 1090. The number of rotatable bonds is 8. The van der Waals surface area contributed by atoms with Gasteiger partial charge in [0, 0.05) is 24.3 Å². The highest BCUT2D eigenvalue weighted by Gasteiger charge is 2.47. The molecule has 2 N–H and O–H groups in total. The van der Waals surface area contributed by atoms with Crippen LogP contribution < -0.4 is 10.0 Å². The first-order chi connectivity index (χ1) is 15.5. The molecule has 2 atom stereocenters. The zero-order chi connectivity index (χ0) is 24.2. The lowest BCUT2D eigenvalue weighted by Gasteiger charge is -2.39. The van der Waals surface area contributed by atoms with Gasteiger partial charge in [-0.15, -0.1) is 0 Å². The predicted octanol–water partition coefficient (Wildman–Crippen LogP) is 3.56. The quantitative estimate of drug-likeness (QED) is 0.609. The fourth-order valence-electron chi connectivity index (χ4n) is 3.77. The van der Waals surface area contributed by atoms with Crippen molar-refractivity contribution in [2.75, 3.05) is 32.5 Å². The number of hydrogen-bond acceptors (Lipinski definition) is 6. The van der Waals surface area contributed by atoms with E-state index in [0.29, 0.717) is 5.56 Å². The van der Waals surface area contributed by atoms with Crippen molar-refractivity contribution in [3.05, 3.63) is 65.5 Å². The standard InChI is InChI=1S/C24H33FN4O3S/c1-17(20-8-6-7-9-21(20)25)27-23-28-33(30,31)22(24(2,3)32-23)16-18-10-12-19(13-11-18)26-14-15-29(4)5/h6-13,17,22,26H,14-16H2,1-5H3,(H,27,28)/t17-,22+/m0/s1. The lowest BCUT2D eigenvalue weighted by Crippen LogP contribution is -2.59. The average molecular weight is 477 g/mol. The molecule has 1 saturated heterocycles. The fourth-order valence-corrected chi connectivity index (χ4v) is 5.45. The van der Waals surface area contributed by atoms with Crippen molar-refractivity contribution in [3.63, 3.8) is 0 Å². The van der Waals surface area contributed by atoms with Gasteiger partial charge in [-0.25, -0.2) is 22.5 Å². The number of benzene rings is 2. The SMILES string of the molecule is C[C@H](N=C1NS(=O)(=O)[C@H](Cc2ccc(NCCN(C)C)cc2)C(C)(C)O1)c1ccccc1F. The van der Waals surface area contributed by atoms with E-state index in [1.54, 1.807) is 39.0 Å². The Hall–Kier alpha value is -2.65. The van der Waals surface area contributed by atoms with Crippen LogP contribution in [-0.2, 0) is 21.2 Å². The lowest BCUT2D eigenvalue weighted by atomic mass is 9.97. The summed E-state index contributed by atoms with van der Waals surface area (Å²) in [5, 5.41) is 2.52. The third kappa shape index (κ3) is 6.45. The van der Waals surface area contributed by atoms with E-state index in [4.69, 9.17) is 4.74 Å². The van der Waals surface area contributed by atoms with E-state index in [1.165, 1.54) is 6.07 Å². The van der Waals surface area contributed by atoms with Gasteiger partial charge in [0.1, 0.15) is 16.7 Å². The van der Waals surface area contributed by atoms with Gasteiger partial charge in [-0.1, -0.05) is 30.3 Å². The van der Waals surface area contributed by atoms with E-state index < -0.39 is 32.7 Å². The van der Waals surface area contributed by atoms with Crippen LogP contribution in [0.25, 0.3) is 0 Å². The molecule has 1 aliphatic rings. The molecule has 1 fully saturated rings. The highest BCUT2D eigenvalue weighted by Crippen LogP contribution is 2.30. The molecule has 7 nitrogen and oxygen atoms in total. The molecule has 0 radical (unpaired) electrons. The summed E-state index contributed by atoms with van der Waals surface area (Å²) >= 11 is 0. The molecule has 1 heterocycles. The van der Waals surface area contributed by atoms with Crippen molar-refractivity contribution in [3.8, 4) is 0 Å². The van der Waals surface area contributed by atoms with Crippen molar-refractivity contribution in [2.24, 2.45) is 4.99 Å². The number of hydrogen-bond donors (Lipinski definition) is 2. The summed E-state index contributed by atoms with van der Waals surface area (Å²) in [5.74, 6) is -0.398. The van der Waals surface area contributed by atoms with Gasteiger partial charge in [0.15, 0.2) is 0 Å². The highest BCUT2D eigenvalue weighted by atomic mass is 32.2. The maximum atomic E-state index is 14.1. The summed E-state index contributed by atoms with van der Waals surface area (Å²) in [6.07, 6.45) is 0.288. The van der Waals surface area contributed by atoms with Crippen LogP contribution in [0, 0.1) is 5.82 Å². The maximum absolute atomic E-state index is 14.1. The highest BCUT2D eigenvalue weighted by molar-refractivity contribution is 7.90. The van der Waals surface area contributed by atoms with E-state index in [0.717, 1.165) is 24.3 Å². The minimum absolute atomic E-state index is 0.118. The molecule has 2 aromatic carbocycles. The second kappa shape index (κ2) is 10.1. The van der Waals surface area contributed by atoms with E-state index in [9.17, 15) is 12.8 Å². The summed E-state index contributed by atoms with van der Waals surface area (Å²) in [7, 11) is 0.265. The zero-order valence-electron chi connectivity index (χ0n) is 19.8. The van der Waals surface area contributed by atoms with E-state index in [2.05, 4.69) is 19.9 Å². The first-order valence-corrected chi connectivity index (χ1v) is 12.5.